The highest BCUT2D eigenvalue weighted by atomic mass is 32.2. The van der Waals surface area contributed by atoms with E-state index >= 15 is 0 Å². The van der Waals surface area contributed by atoms with E-state index in [1.54, 1.807) is 6.92 Å². The lowest BCUT2D eigenvalue weighted by atomic mass is 10.3. The largest absolute Gasteiger partial charge is 0.462 e. The summed E-state index contributed by atoms with van der Waals surface area (Å²) in [5, 5.41) is 13.0. The SMILES string of the molecule is CCOC(=O)c1cnn(CCO)c1N1CC(SC(C)=O)CC1=O. The number of carbonyl (C=O) groups is 3. The highest BCUT2D eigenvalue weighted by molar-refractivity contribution is 8.14. The second-order valence-corrected chi connectivity index (χ2v) is 6.47. The molecule has 0 saturated carbocycles. The molecule has 1 amide bonds. The van der Waals surface area contributed by atoms with Crippen LogP contribution in [0.15, 0.2) is 6.20 Å². The molecule has 0 spiro atoms. The molecular weight excluding hydrogens is 322 g/mol. The van der Waals surface area contributed by atoms with Crippen LogP contribution in [-0.2, 0) is 20.9 Å². The molecule has 1 atom stereocenters. The molecule has 1 saturated heterocycles. The number of ether oxygens (including phenoxy) is 1. The molecule has 126 valence electrons. The molecule has 9 heteroatoms. The molecule has 1 aliphatic rings. The number of aliphatic hydroxyl groups is 1. The Bertz CT molecular complexity index is 616. The molecule has 1 unspecified atom stereocenters. The minimum absolute atomic E-state index is 0.0564. The lowest BCUT2D eigenvalue weighted by Gasteiger charge is -2.19. The first-order valence-electron chi connectivity index (χ1n) is 7.29. The van der Waals surface area contributed by atoms with Crippen LogP contribution in [0, 0.1) is 0 Å². The number of carbonyl (C=O) groups excluding carboxylic acids is 3. The van der Waals surface area contributed by atoms with Crippen molar-refractivity contribution < 1.29 is 24.2 Å². The third-order valence-corrected chi connectivity index (χ3v) is 4.28. The van der Waals surface area contributed by atoms with Gasteiger partial charge in [-0.1, -0.05) is 11.8 Å². The van der Waals surface area contributed by atoms with Crippen molar-refractivity contribution in [2.75, 3.05) is 24.7 Å². The van der Waals surface area contributed by atoms with Gasteiger partial charge in [0.1, 0.15) is 11.4 Å². The summed E-state index contributed by atoms with van der Waals surface area (Å²) >= 11 is 1.11. The first-order chi connectivity index (χ1) is 11.0. The summed E-state index contributed by atoms with van der Waals surface area (Å²) in [6, 6.07) is 0. The molecule has 0 bridgehead atoms. The molecule has 1 aromatic rings. The molecule has 1 aliphatic heterocycles. The summed E-state index contributed by atoms with van der Waals surface area (Å²) < 4.78 is 6.40. The van der Waals surface area contributed by atoms with Gasteiger partial charge in [0.15, 0.2) is 5.12 Å². The fourth-order valence-corrected chi connectivity index (χ4v) is 3.39. The monoisotopic (exact) mass is 341 g/mol. The van der Waals surface area contributed by atoms with Gasteiger partial charge in [-0.05, 0) is 6.92 Å². The molecule has 0 radical (unpaired) electrons. The molecule has 2 rings (SSSR count). The average Bonchev–Trinajstić information content (AvgIpc) is 3.02. The Kier molecular flexibility index (Phi) is 5.78. The van der Waals surface area contributed by atoms with E-state index in [0.717, 1.165) is 11.8 Å². The van der Waals surface area contributed by atoms with Crippen LogP contribution in [0.1, 0.15) is 30.6 Å². The zero-order valence-electron chi connectivity index (χ0n) is 13.0. The lowest BCUT2D eigenvalue weighted by Crippen LogP contribution is -2.30. The van der Waals surface area contributed by atoms with E-state index in [1.165, 1.54) is 22.7 Å². The molecular formula is C14H19N3O5S. The molecule has 0 aliphatic carbocycles. The van der Waals surface area contributed by atoms with Crippen molar-refractivity contribution in [3.63, 3.8) is 0 Å². The summed E-state index contributed by atoms with van der Waals surface area (Å²) in [6.07, 6.45) is 1.55. The Labute approximate surface area is 137 Å². The summed E-state index contributed by atoms with van der Waals surface area (Å²) in [4.78, 5) is 37.0. The van der Waals surface area contributed by atoms with Gasteiger partial charge in [-0.15, -0.1) is 0 Å². The van der Waals surface area contributed by atoms with Gasteiger partial charge in [0.25, 0.3) is 0 Å². The van der Waals surface area contributed by atoms with Crippen molar-refractivity contribution in [3.8, 4) is 0 Å². The van der Waals surface area contributed by atoms with Crippen LogP contribution in [0.3, 0.4) is 0 Å². The van der Waals surface area contributed by atoms with E-state index in [2.05, 4.69) is 5.10 Å². The zero-order chi connectivity index (χ0) is 17.0. The Hall–Kier alpha value is -1.87. The first kappa shape index (κ1) is 17.5. The normalized spacial score (nSPS) is 17.6. The van der Waals surface area contributed by atoms with E-state index in [1.807, 2.05) is 0 Å². The number of thioether (sulfide) groups is 1. The minimum atomic E-state index is -0.567. The standard InChI is InChI=1S/C14H19N3O5S/c1-3-22-14(21)11-7-15-17(4-5-18)13(11)16-8-10(6-12(16)20)23-9(2)19/h7,10,18H,3-6,8H2,1-2H3. The van der Waals surface area contributed by atoms with E-state index in [-0.39, 0.29) is 48.0 Å². The second-order valence-electron chi connectivity index (χ2n) is 4.99. The third kappa shape index (κ3) is 3.91. The maximum absolute atomic E-state index is 12.3. The summed E-state index contributed by atoms with van der Waals surface area (Å²) in [5.74, 6) is -0.440. The molecule has 0 aromatic carbocycles. The fraction of sp³-hybridized carbons (Fsp3) is 0.571. The minimum Gasteiger partial charge on any atom is -0.462 e. The smallest absolute Gasteiger partial charge is 0.343 e. The topological polar surface area (TPSA) is 102 Å². The maximum atomic E-state index is 12.3. The number of aliphatic hydroxyl groups excluding tert-OH is 1. The number of anilines is 1. The van der Waals surface area contributed by atoms with Gasteiger partial charge in [0.05, 0.1) is 26.0 Å². The molecule has 2 heterocycles. The number of rotatable bonds is 6. The first-order valence-corrected chi connectivity index (χ1v) is 8.17. The van der Waals surface area contributed by atoms with Crippen LogP contribution in [0.4, 0.5) is 5.82 Å². The highest BCUT2D eigenvalue weighted by Gasteiger charge is 2.36. The van der Waals surface area contributed by atoms with Crippen LogP contribution in [0.5, 0.6) is 0 Å². The molecule has 23 heavy (non-hydrogen) atoms. The molecule has 1 fully saturated rings. The third-order valence-electron chi connectivity index (χ3n) is 3.30. The van der Waals surface area contributed by atoms with Crippen LogP contribution in [0.25, 0.3) is 0 Å². The van der Waals surface area contributed by atoms with E-state index < -0.39 is 5.97 Å². The van der Waals surface area contributed by atoms with Crippen molar-refractivity contribution in [2.24, 2.45) is 0 Å². The Morgan fingerprint density at radius 2 is 2.26 bits per heavy atom. The lowest BCUT2D eigenvalue weighted by molar-refractivity contribution is -0.117. The van der Waals surface area contributed by atoms with Crippen LogP contribution in [0.2, 0.25) is 0 Å². The number of aromatic nitrogens is 2. The number of hydrogen-bond donors (Lipinski definition) is 1. The Morgan fingerprint density at radius 3 is 2.87 bits per heavy atom. The van der Waals surface area contributed by atoms with E-state index in [4.69, 9.17) is 9.84 Å². The van der Waals surface area contributed by atoms with Gasteiger partial charge in [-0.2, -0.15) is 5.10 Å². The average molecular weight is 341 g/mol. The molecule has 8 nitrogen and oxygen atoms in total. The number of nitrogens with zero attached hydrogens (tertiary/aromatic N) is 3. The predicted octanol–water partition coefficient (Wildman–Crippen LogP) is 0.437. The van der Waals surface area contributed by atoms with Crippen molar-refractivity contribution in [1.82, 2.24) is 9.78 Å². The van der Waals surface area contributed by atoms with Crippen molar-refractivity contribution in [2.45, 2.75) is 32.1 Å². The fourth-order valence-electron chi connectivity index (χ4n) is 2.47. The highest BCUT2D eigenvalue weighted by Crippen LogP contribution is 2.31. The molecule has 1 N–H and O–H groups in total. The Morgan fingerprint density at radius 1 is 1.52 bits per heavy atom. The van der Waals surface area contributed by atoms with Gasteiger partial charge in [0, 0.05) is 25.1 Å². The van der Waals surface area contributed by atoms with Gasteiger partial charge < -0.3 is 9.84 Å². The number of esters is 1. The van der Waals surface area contributed by atoms with Gasteiger partial charge in [-0.25, -0.2) is 9.48 Å². The van der Waals surface area contributed by atoms with Crippen molar-refractivity contribution in [1.29, 1.82) is 0 Å². The summed E-state index contributed by atoms with van der Waals surface area (Å²) in [7, 11) is 0. The number of amides is 1. The number of hydrogen-bond acceptors (Lipinski definition) is 7. The summed E-state index contributed by atoms with van der Waals surface area (Å²) in [5.41, 5.74) is 0.183. The van der Waals surface area contributed by atoms with E-state index in [0.29, 0.717) is 12.4 Å². The quantitative estimate of drug-likeness (QED) is 0.749. The molecule has 1 aromatic heterocycles. The van der Waals surface area contributed by atoms with Gasteiger partial charge >= 0.3 is 5.97 Å². The van der Waals surface area contributed by atoms with Gasteiger partial charge in [-0.3, -0.25) is 14.5 Å². The Balaban J connectivity index is 2.32. The van der Waals surface area contributed by atoms with Crippen LogP contribution < -0.4 is 4.90 Å². The van der Waals surface area contributed by atoms with Crippen molar-refractivity contribution >= 4 is 34.6 Å². The van der Waals surface area contributed by atoms with Gasteiger partial charge in [0.2, 0.25) is 5.91 Å². The van der Waals surface area contributed by atoms with Crippen molar-refractivity contribution in [3.05, 3.63) is 11.8 Å². The predicted molar refractivity (Wildman–Crippen MR) is 84.3 cm³/mol. The van der Waals surface area contributed by atoms with Crippen LogP contribution in [-0.4, -0.2) is 56.9 Å². The second kappa shape index (κ2) is 7.60. The maximum Gasteiger partial charge on any atom is 0.343 e. The summed E-state index contributed by atoms with van der Waals surface area (Å²) in [6.45, 7) is 3.65. The van der Waals surface area contributed by atoms with Crippen LogP contribution >= 0.6 is 11.8 Å². The zero-order valence-corrected chi connectivity index (χ0v) is 13.8. The van der Waals surface area contributed by atoms with E-state index in [9.17, 15) is 14.4 Å².